The van der Waals surface area contributed by atoms with Crippen molar-refractivity contribution in [2.75, 3.05) is 44.7 Å². The predicted octanol–water partition coefficient (Wildman–Crippen LogP) is 4.41. The average molecular weight is 555 g/mol. The van der Waals surface area contributed by atoms with E-state index in [0.717, 1.165) is 23.1 Å². The Kier molecular flexibility index (Phi) is 8.35. The summed E-state index contributed by atoms with van der Waals surface area (Å²) >= 11 is 6.25. The Balaban J connectivity index is 1.29. The number of nitrogens with zero attached hydrogens (tertiary/aromatic N) is 2. The summed E-state index contributed by atoms with van der Waals surface area (Å²) in [6.45, 7) is 3.30. The van der Waals surface area contributed by atoms with Crippen LogP contribution in [0.5, 0.6) is 5.75 Å². The maximum atomic E-state index is 14.2. The van der Waals surface area contributed by atoms with Crippen LogP contribution in [0.1, 0.15) is 17.5 Å². The fourth-order valence-corrected chi connectivity index (χ4v) is 5.79. The zero-order valence-corrected chi connectivity index (χ0v) is 22.7. The normalized spacial score (nSPS) is 21.3. The Morgan fingerprint density at radius 3 is 2.56 bits per heavy atom. The summed E-state index contributed by atoms with van der Waals surface area (Å²) in [6.07, 6.45) is 1.12. The van der Waals surface area contributed by atoms with Crippen LogP contribution in [0, 0.1) is 11.6 Å². The largest absolute Gasteiger partial charge is 0.495 e. The molecule has 2 N–H and O–H groups in total. The first-order chi connectivity index (χ1) is 18.9. The van der Waals surface area contributed by atoms with Gasteiger partial charge in [-0.15, -0.1) is 0 Å². The van der Waals surface area contributed by atoms with E-state index in [1.165, 1.54) is 12.1 Å². The number of piperazine rings is 1. The minimum absolute atomic E-state index is 0.0425. The summed E-state index contributed by atoms with van der Waals surface area (Å²) < 4.78 is 33.0. The molecule has 6 nitrogen and oxygen atoms in total. The monoisotopic (exact) mass is 554 g/mol. The predicted molar refractivity (Wildman–Crippen MR) is 149 cm³/mol. The summed E-state index contributed by atoms with van der Waals surface area (Å²) in [6, 6.07) is 19.1. The highest BCUT2D eigenvalue weighted by molar-refractivity contribution is 6.30. The molecule has 2 heterocycles. The fraction of sp³-hybridized carbons (Fsp3) is 0.367. The Morgan fingerprint density at radius 1 is 1.08 bits per heavy atom. The third-order valence-electron chi connectivity index (χ3n) is 7.68. The highest BCUT2D eigenvalue weighted by Gasteiger charge is 2.47. The molecule has 2 atom stereocenters. The maximum absolute atomic E-state index is 14.2. The molecule has 0 saturated carbocycles. The van der Waals surface area contributed by atoms with E-state index in [2.05, 4.69) is 15.5 Å². The molecule has 0 bridgehead atoms. The van der Waals surface area contributed by atoms with Gasteiger partial charge in [0, 0.05) is 62.0 Å². The lowest BCUT2D eigenvalue weighted by Crippen LogP contribution is -2.60. The summed E-state index contributed by atoms with van der Waals surface area (Å²) in [5, 5.41) is 7.55. The molecule has 3 aromatic rings. The minimum Gasteiger partial charge on any atom is -0.495 e. The van der Waals surface area contributed by atoms with Gasteiger partial charge in [0.25, 0.3) is 0 Å². The van der Waals surface area contributed by atoms with Crippen molar-refractivity contribution in [1.82, 2.24) is 15.5 Å². The first-order valence-corrected chi connectivity index (χ1v) is 13.6. The Morgan fingerprint density at radius 2 is 1.85 bits per heavy atom. The molecular weight excluding hydrogens is 522 g/mol. The van der Waals surface area contributed by atoms with Crippen LogP contribution in [0.2, 0.25) is 5.02 Å². The number of halogens is 3. The molecule has 5 rings (SSSR count). The van der Waals surface area contributed by atoms with E-state index in [-0.39, 0.29) is 18.5 Å². The Bertz CT molecular complexity index is 1300. The Labute approximate surface area is 232 Å². The van der Waals surface area contributed by atoms with Gasteiger partial charge in [-0.05, 0) is 42.7 Å². The summed E-state index contributed by atoms with van der Waals surface area (Å²) in [4.78, 5) is 18.3. The van der Waals surface area contributed by atoms with Gasteiger partial charge in [0.05, 0.1) is 12.8 Å². The van der Waals surface area contributed by atoms with Crippen molar-refractivity contribution in [2.45, 2.75) is 31.0 Å². The lowest BCUT2D eigenvalue weighted by molar-refractivity contribution is -0.138. The van der Waals surface area contributed by atoms with Crippen LogP contribution in [0.3, 0.4) is 0 Å². The van der Waals surface area contributed by atoms with Crippen LogP contribution in [0.15, 0.2) is 66.7 Å². The lowest BCUT2D eigenvalue weighted by Gasteiger charge is -2.41. The quantitative estimate of drug-likeness (QED) is 0.432. The second kappa shape index (κ2) is 11.9. The SMILES string of the molecule is COc1ccc(Cl)cc1N1CCN(C(=O)[C@]2(Cc3ccccc3)C[C@H](NCc3ccc(F)cc3F)CN2)CC1. The molecule has 0 spiro atoms. The van der Waals surface area contributed by atoms with Gasteiger partial charge >= 0.3 is 0 Å². The van der Waals surface area contributed by atoms with Crippen molar-refractivity contribution < 1.29 is 18.3 Å². The van der Waals surface area contributed by atoms with Gasteiger partial charge in [0.1, 0.15) is 22.9 Å². The van der Waals surface area contributed by atoms with Gasteiger partial charge < -0.3 is 25.2 Å². The molecule has 2 fully saturated rings. The number of methoxy groups -OCH3 is 1. The number of ether oxygens (including phenoxy) is 1. The van der Waals surface area contributed by atoms with Crippen LogP contribution in [0.4, 0.5) is 14.5 Å². The first kappa shape index (κ1) is 27.4. The van der Waals surface area contributed by atoms with Crippen molar-refractivity contribution in [1.29, 1.82) is 0 Å². The molecule has 2 aliphatic rings. The van der Waals surface area contributed by atoms with E-state index in [9.17, 15) is 13.6 Å². The number of benzene rings is 3. The van der Waals surface area contributed by atoms with Gasteiger partial charge in [-0.3, -0.25) is 4.79 Å². The highest BCUT2D eigenvalue weighted by atomic mass is 35.5. The van der Waals surface area contributed by atoms with Crippen LogP contribution in [-0.2, 0) is 17.8 Å². The second-order valence-corrected chi connectivity index (χ2v) is 10.7. The molecule has 0 unspecified atom stereocenters. The lowest BCUT2D eigenvalue weighted by atomic mass is 9.86. The molecular formula is C30H33ClF2N4O2. The molecule has 0 aliphatic carbocycles. The van der Waals surface area contributed by atoms with Crippen molar-refractivity contribution in [3.8, 4) is 5.75 Å². The second-order valence-electron chi connectivity index (χ2n) is 10.2. The molecule has 0 radical (unpaired) electrons. The molecule has 3 aromatic carbocycles. The molecule has 2 saturated heterocycles. The van der Waals surface area contributed by atoms with E-state index in [1.807, 2.05) is 47.4 Å². The summed E-state index contributed by atoms with van der Waals surface area (Å²) in [5.74, 6) is -0.348. The molecule has 1 amide bonds. The van der Waals surface area contributed by atoms with E-state index < -0.39 is 17.2 Å². The van der Waals surface area contributed by atoms with Crippen LogP contribution < -0.4 is 20.3 Å². The molecule has 0 aromatic heterocycles. The summed E-state index contributed by atoms with van der Waals surface area (Å²) in [7, 11) is 1.64. The molecule has 2 aliphatic heterocycles. The number of nitrogens with one attached hydrogen (secondary N) is 2. The van der Waals surface area contributed by atoms with E-state index in [4.69, 9.17) is 16.3 Å². The Hall–Kier alpha value is -3.20. The summed E-state index contributed by atoms with van der Waals surface area (Å²) in [5.41, 5.74) is 1.62. The third kappa shape index (κ3) is 6.19. The number of carbonyl (C=O) groups excluding carboxylic acids is 1. The van der Waals surface area contributed by atoms with E-state index in [1.54, 1.807) is 13.2 Å². The van der Waals surface area contributed by atoms with Gasteiger partial charge in [-0.25, -0.2) is 8.78 Å². The smallest absolute Gasteiger partial charge is 0.243 e. The number of hydrogen-bond acceptors (Lipinski definition) is 5. The zero-order valence-electron chi connectivity index (χ0n) is 21.9. The van der Waals surface area contributed by atoms with Gasteiger partial charge in [0.2, 0.25) is 5.91 Å². The van der Waals surface area contributed by atoms with Gasteiger partial charge in [-0.1, -0.05) is 48.0 Å². The van der Waals surface area contributed by atoms with Crippen molar-refractivity contribution in [3.63, 3.8) is 0 Å². The number of anilines is 1. The van der Waals surface area contributed by atoms with Gasteiger partial charge in [0.15, 0.2) is 0 Å². The van der Waals surface area contributed by atoms with Crippen LogP contribution in [0.25, 0.3) is 0 Å². The number of hydrogen-bond donors (Lipinski definition) is 2. The van der Waals surface area contributed by atoms with Crippen molar-refractivity contribution in [3.05, 3.63) is 94.5 Å². The maximum Gasteiger partial charge on any atom is 0.243 e. The zero-order chi connectivity index (χ0) is 27.4. The number of carbonyl (C=O) groups is 1. The van der Waals surface area contributed by atoms with Gasteiger partial charge in [-0.2, -0.15) is 0 Å². The minimum atomic E-state index is -0.781. The van der Waals surface area contributed by atoms with E-state index >= 15 is 0 Å². The highest BCUT2D eigenvalue weighted by Crippen LogP contribution is 2.33. The van der Waals surface area contributed by atoms with Crippen molar-refractivity contribution >= 4 is 23.2 Å². The van der Waals surface area contributed by atoms with Crippen LogP contribution in [-0.4, -0.2) is 62.2 Å². The first-order valence-electron chi connectivity index (χ1n) is 13.2. The third-order valence-corrected chi connectivity index (χ3v) is 7.92. The topological polar surface area (TPSA) is 56.8 Å². The van der Waals surface area contributed by atoms with Crippen molar-refractivity contribution in [2.24, 2.45) is 0 Å². The molecule has 206 valence electrons. The standard InChI is InChI=1S/C30H33ClF2N4O2/c1-39-28-10-8-23(31)15-27(28)36-11-13-37(14-12-36)29(38)30(17-21-5-3-2-4-6-21)18-25(20-35-30)34-19-22-7-9-24(32)16-26(22)33/h2-10,15-16,25,34-35H,11-14,17-20H2,1H3/t25-,30-/m0/s1. The molecule has 9 heteroatoms. The van der Waals surface area contributed by atoms with E-state index in [0.29, 0.717) is 56.2 Å². The number of rotatable bonds is 8. The fourth-order valence-electron chi connectivity index (χ4n) is 5.63. The van der Waals surface area contributed by atoms with Crippen LogP contribution >= 0.6 is 11.6 Å². The number of amides is 1. The molecule has 39 heavy (non-hydrogen) atoms. The average Bonchev–Trinajstić information content (AvgIpc) is 3.36.